The van der Waals surface area contributed by atoms with Crippen LogP contribution in [0, 0.1) is 0 Å². The van der Waals surface area contributed by atoms with E-state index < -0.39 is 5.51 Å². The molecule has 1 N–H and O–H groups in total. The lowest BCUT2D eigenvalue weighted by atomic mass is 10.2. The molecule has 0 aliphatic carbocycles. The minimum absolute atomic E-state index is 0.0199. The summed E-state index contributed by atoms with van der Waals surface area (Å²) in [5.74, 6) is 0.842. The molecule has 0 saturated carbocycles. The van der Waals surface area contributed by atoms with E-state index in [2.05, 4.69) is 12.2 Å². The van der Waals surface area contributed by atoms with Gasteiger partial charge in [0.2, 0.25) is 0 Å². The monoisotopic (exact) mass is 323 g/mol. The summed E-state index contributed by atoms with van der Waals surface area (Å²) >= 11 is -0.0928. The largest absolute Gasteiger partial charge is 0.493 e. The van der Waals surface area contributed by atoms with Gasteiger partial charge in [-0.15, -0.1) is 0 Å². The molecule has 0 heterocycles. The van der Waals surface area contributed by atoms with Crippen molar-refractivity contribution in [3.63, 3.8) is 0 Å². The van der Waals surface area contributed by atoms with Gasteiger partial charge in [0.1, 0.15) is 0 Å². The maximum absolute atomic E-state index is 12.0. The molecule has 1 aromatic carbocycles. The predicted octanol–water partition coefficient (Wildman–Crippen LogP) is 3.83. The summed E-state index contributed by atoms with van der Waals surface area (Å²) in [6.45, 7) is 3.71. The molecular weight excluding hydrogens is 303 g/mol. The van der Waals surface area contributed by atoms with Crippen molar-refractivity contribution >= 4 is 11.8 Å². The van der Waals surface area contributed by atoms with Crippen LogP contribution < -0.4 is 14.8 Å². The Bertz CT molecular complexity index is 427. The van der Waals surface area contributed by atoms with Crippen LogP contribution in [0.25, 0.3) is 0 Å². The van der Waals surface area contributed by atoms with Crippen molar-refractivity contribution < 1.29 is 22.6 Å². The quantitative estimate of drug-likeness (QED) is 0.700. The molecule has 0 spiro atoms. The minimum atomic E-state index is -4.22. The SMILES string of the molecule is CCCNCc1ccc(OCCSC(F)(F)F)c(OC)c1. The molecule has 1 aromatic rings. The van der Waals surface area contributed by atoms with E-state index in [0.29, 0.717) is 18.0 Å². The maximum Gasteiger partial charge on any atom is 0.441 e. The highest BCUT2D eigenvalue weighted by Gasteiger charge is 2.27. The number of alkyl halides is 3. The third kappa shape index (κ3) is 7.47. The third-order valence-electron chi connectivity index (χ3n) is 2.59. The second-order valence-electron chi connectivity index (χ2n) is 4.30. The number of hydrogen-bond acceptors (Lipinski definition) is 4. The molecule has 0 aliphatic heterocycles. The van der Waals surface area contributed by atoms with Crippen LogP contribution in [0.1, 0.15) is 18.9 Å². The number of ether oxygens (including phenoxy) is 2. The van der Waals surface area contributed by atoms with Crippen LogP contribution in [0.15, 0.2) is 18.2 Å². The molecule has 0 radical (unpaired) electrons. The molecule has 120 valence electrons. The zero-order valence-corrected chi connectivity index (χ0v) is 12.9. The molecule has 0 saturated heterocycles. The van der Waals surface area contributed by atoms with Gasteiger partial charge in [-0.1, -0.05) is 13.0 Å². The molecule has 0 fully saturated rings. The third-order valence-corrected chi connectivity index (χ3v) is 3.29. The summed E-state index contributed by atoms with van der Waals surface area (Å²) in [5.41, 5.74) is -3.18. The highest BCUT2D eigenvalue weighted by atomic mass is 32.2. The van der Waals surface area contributed by atoms with Crippen molar-refractivity contribution in [2.75, 3.05) is 26.0 Å². The van der Waals surface area contributed by atoms with Gasteiger partial charge in [-0.3, -0.25) is 0 Å². The van der Waals surface area contributed by atoms with Gasteiger partial charge in [0.05, 0.1) is 13.7 Å². The average molecular weight is 323 g/mol. The van der Waals surface area contributed by atoms with E-state index in [-0.39, 0.29) is 24.1 Å². The summed E-state index contributed by atoms with van der Waals surface area (Å²) in [4.78, 5) is 0. The van der Waals surface area contributed by atoms with Crippen LogP contribution in [0.5, 0.6) is 11.5 Å². The zero-order chi connectivity index (χ0) is 15.7. The molecule has 0 aliphatic rings. The standard InChI is InChI=1S/C14H20F3NO2S/c1-3-6-18-10-11-4-5-12(13(9-11)19-2)20-7-8-21-14(15,16)17/h4-5,9,18H,3,6-8,10H2,1-2H3. The Morgan fingerprint density at radius 3 is 2.62 bits per heavy atom. The molecule has 7 heteroatoms. The van der Waals surface area contributed by atoms with E-state index in [1.165, 1.54) is 7.11 Å². The van der Waals surface area contributed by atoms with Gasteiger partial charge in [0, 0.05) is 12.3 Å². The summed E-state index contributed by atoms with van der Waals surface area (Å²) in [6.07, 6.45) is 1.05. The van der Waals surface area contributed by atoms with Gasteiger partial charge in [0.25, 0.3) is 0 Å². The number of halogens is 3. The Labute approximate surface area is 127 Å². The molecule has 1 rings (SSSR count). The van der Waals surface area contributed by atoms with Crippen molar-refractivity contribution in [3.05, 3.63) is 23.8 Å². The number of thioether (sulfide) groups is 1. The number of nitrogens with one attached hydrogen (secondary N) is 1. The summed E-state index contributed by atoms with van der Waals surface area (Å²) in [7, 11) is 1.51. The van der Waals surface area contributed by atoms with E-state index >= 15 is 0 Å². The average Bonchev–Trinajstić information content (AvgIpc) is 2.43. The number of benzene rings is 1. The molecule has 0 unspecified atom stereocenters. The molecule has 0 bridgehead atoms. The zero-order valence-electron chi connectivity index (χ0n) is 12.1. The van der Waals surface area contributed by atoms with Crippen LogP contribution >= 0.6 is 11.8 Å². The van der Waals surface area contributed by atoms with E-state index in [1.807, 2.05) is 12.1 Å². The molecular formula is C14H20F3NO2S. The van der Waals surface area contributed by atoms with Gasteiger partial charge >= 0.3 is 5.51 Å². The normalized spacial score (nSPS) is 11.5. The Balaban J connectivity index is 2.50. The van der Waals surface area contributed by atoms with Crippen molar-refractivity contribution in [3.8, 4) is 11.5 Å². The smallest absolute Gasteiger partial charge is 0.441 e. The summed E-state index contributed by atoms with van der Waals surface area (Å²) in [5, 5.41) is 3.27. The lowest BCUT2D eigenvalue weighted by Gasteiger charge is -2.13. The lowest BCUT2D eigenvalue weighted by Crippen LogP contribution is -2.14. The van der Waals surface area contributed by atoms with E-state index in [1.54, 1.807) is 6.07 Å². The number of rotatable bonds is 9. The highest BCUT2D eigenvalue weighted by Crippen LogP contribution is 2.31. The molecule has 3 nitrogen and oxygen atoms in total. The fraction of sp³-hybridized carbons (Fsp3) is 0.571. The van der Waals surface area contributed by atoms with Gasteiger partial charge in [-0.05, 0) is 42.4 Å². The van der Waals surface area contributed by atoms with Gasteiger partial charge in [-0.2, -0.15) is 13.2 Å². The maximum atomic E-state index is 12.0. The second kappa shape index (κ2) is 9.04. The fourth-order valence-corrected chi connectivity index (χ4v) is 2.06. The topological polar surface area (TPSA) is 30.5 Å². The van der Waals surface area contributed by atoms with Crippen LogP contribution in [0.2, 0.25) is 0 Å². The highest BCUT2D eigenvalue weighted by molar-refractivity contribution is 8.00. The Morgan fingerprint density at radius 1 is 1.24 bits per heavy atom. The van der Waals surface area contributed by atoms with E-state index in [9.17, 15) is 13.2 Å². The first kappa shape index (κ1) is 18.0. The predicted molar refractivity (Wildman–Crippen MR) is 79.0 cm³/mol. The van der Waals surface area contributed by atoms with Gasteiger partial charge in [0.15, 0.2) is 11.5 Å². The van der Waals surface area contributed by atoms with Gasteiger partial charge in [-0.25, -0.2) is 0 Å². The van der Waals surface area contributed by atoms with Crippen LogP contribution in [-0.2, 0) is 6.54 Å². The number of methoxy groups -OCH3 is 1. The first-order valence-corrected chi connectivity index (χ1v) is 7.66. The van der Waals surface area contributed by atoms with Crippen molar-refractivity contribution in [1.82, 2.24) is 5.32 Å². The summed E-state index contributed by atoms with van der Waals surface area (Å²) < 4.78 is 46.6. The van der Waals surface area contributed by atoms with Crippen molar-refractivity contribution in [1.29, 1.82) is 0 Å². The lowest BCUT2D eigenvalue weighted by molar-refractivity contribution is -0.0329. The second-order valence-corrected chi connectivity index (χ2v) is 5.46. The molecule has 0 aromatic heterocycles. The van der Waals surface area contributed by atoms with E-state index in [4.69, 9.17) is 9.47 Å². The van der Waals surface area contributed by atoms with Crippen molar-refractivity contribution in [2.45, 2.75) is 25.4 Å². The Hall–Kier alpha value is -1.08. The first-order valence-electron chi connectivity index (χ1n) is 6.67. The summed E-state index contributed by atoms with van der Waals surface area (Å²) in [6, 6.07) is 5.42. The Kier molecular flexibility index (Phi) is 7.74. The molecule has 0 atom stereocenters. The van der Waals surface area contributed by atoms with Crippen LogP contribution in [0.3, 0.4) is 0 Å². The number of hydrogen-bond donors (Lipinski definition) is 1. The van der Waals surface area contributed by atoms with Crippen LogP contribution in [0.4, 0.5) is 13.2 Å². The fourth-order valence-electron chi connectivity index (χ4n) is 1.66. The van der Waals surface area contributed by atoms with E-state index in [0.717, 1.165) is 18.5 Å². The first-order chi connectivity index (χ1) is 9.96. The van der Waals surface area contributed by atoms with Crippen LogP contribution in [-0.4, -0.2) is 31.5 Å². The molecule has 21 heavy (non-hydrogen) atoms. The molecule has 0 amide bonds. The Morgan fingerprint density at radius 2 is 2.00 bits per heavy atom. The van der Waals surface area contributed by atoms with Gasteiger partial charge < -0.3 is 14.8 Å². The van der Waals surface area contributed by atoms with Crippen molar-refractivity contribution in [2.24, 2.45) is 0 Å². The minimum Gasteiger partial charge on any atom is -0.493 e.